The number of benzene rings is 2. The van der Waals surface area contributed by atoms with Gasteiger partial charge in [-0.25, -0.2) is 12.8 Å². The molecule has 28 heavy (non-hydrogen) atoms. The largest absolute Gasteiger partial charge is 0.319 e. The maximum absolute atomic E-state index is 14.0. The van der Waals surface area contributed by atoms with Gasteiger partial charge in [0.25, 0.3) is 5.91 Å². The molecule has 1 aliphatic heterocycles. The van der Waals surface area contributed by atoms with Crippen LogP contribution in [0.3, 0.4) is 0 Å². The molecular weight excluding hydrogens is 471 g/mol. The van der Waals surface area contributed by atoms with Crippen molar-refractivity contribution in [3.8, 4) is 0 Å². The van der Waals surface area contributed by atoms with Crippen LogP contribution in [0.4, 0.5) is 10.1 Å². The lowest BCUT2D eigenvalue weighted by Gasteiger charge is -2.30. The maximum atomic E-state index is 14.0. The van der Waals surface area contributed by atoms with Gasteiger partial charge in [0.15, 0.2) is 0 Å². The molecule has 1 aliphatic rings. The zero-order valence-electron chi connectivity index (χ0n) is 15.1. The summed E-state index contributed by atoms with van der Waals surface area (Å²) in [5.41, 5.74) is 0.0766. The molecule has 2 aromatic rings. The monoisotopic (exact) mass is 488 g/mol. The lowest BCUT2D eigenvalue weighted by Crippen LogP contribution is -2.39. The van der Waals surface area contributed by atoms with Crippen LogP contribution in [-0.2, 0) is 10.0 Å². The van der Waals surface area contributed by atoms with E-state index in [9.17, 15) is 17.6 Å². The van der Waals surface area contributed by atoms with Gasteiger partial charge in [-0.05, 0) is 55.2 Å². The van der Waals surface area contributed by atoms with Crippen LogP contribution in [0.2, 0.25) is 5.02 Å². The van der Waals surface area contributed by atoms with E-state index in [4.69, 9.17) is 11.6 Å². The Balaban J connectivity index is 1.89. The predicted molar refractivity (Wildman–Crippen MR) is 111 cm³/mol. The second-order valence-electron chi connectivity index (χ2n) is 6.83. The Hall–Kier alpha value is -1.48. The second-order valence-corrected chi connectivity index (χ2v) is 10.1. The Morgan fingerprint density at radius 2 is 2.04 bits per heavy atom. The van der Waals surface area contributed by atoms with Crippen molar-refractivity contribution >= 4 is 49.1 Å². The number of amides is 1. The van der Waals surface area contributed by atoms with Gasteiger partial charge in [-0.3, -0.25) is 4.79 Å². The van der Waals surface area contributed by atoms with Gasteiger partial charge in [-0.1, -0.05) is 34.5 Å². The van der Waals surface area contributed by atoms with Crippen molar-refractivity contribution < 1.29 is 17.6 Å². The first kappa shape index (κ1) is 21.2. The molecule has 5 nitrogen and oxygen atoms in total. The SMILES string of the molecule is C[C@H]1CCCN(S(=O)(=O)c2cc(C(=O)Nc3ccc(Br)cc3F)ccc2Cl)C1. The zero-order valence-corrected chi connectivity index (χ0v) is 18.2. The number of rotatable bonds is 4. The molecule has 1 saturated heterocycles. The molecule has 0 aromatic heterocycles. The lowest BCUT2D eigenvalue weighted by molar-refractivity contribution is 0.102. The second kappa shape index (κ2) is 8.49. The van der Waals surface area contributed by atoms with Gasteiger partial charge in [-0.15, -0.1) is 0 Å². The van der Waals surface area contributed by atoms with E-state index in [1.807, 2.05) is 6.92 Å². The van der Waals surface area contributed by atoms with Gasteiger partial charge < -0.3 is 5.32 Å². The fraction of sp³-hybridized carbons (Fsp3) is 0.316. The Kier molecular flexibility index (Phi) is 6.44. The van der Waals surface area contributed by atoms with Crippen LogP contribution in [0, 0.1) is 11.7 Å². The molecule has 0 unspecified atom stereocenters. The van der Waals surface area contributed by atoms with E-state index in [0.29, 0.717) is 17.6 Å². The topological polar surface area (TPSA) is 66.5 Å². The van der Waals surface area contributed by atoms with Crippen molar-refractivity contribution in [1.82, 2.24) is 4.31 Å². The standard InChI is InChI=1S/C19H19BrClFN2O3S/c1-12-3-2-8-24(11-12)28(26,27)18-9-13(4-6-15(18)21)19(25)23-17-7-5-14(20)10-16(17)22/h4-7,9-10,12H,2-3,8,11H2,1H3,(H,23,25)/t12-/m0/s1. The molecule has 1 N–H and O–H groups in total. The first-order valence-corrected chi connectivity index (χ1v) is 11.4. The summed E-state index contributed by atoms with van der Waals surface area (Å²) in [7, 11) is -3.83. The van der Waals surface area contributed by atoms with Crippen molar-refractivity contribution in [3.63, 3.8) is 0 Å². The van der Waals surface area contributed by atoms with Gasteiger partial charge >= 0.3 is 0 Å². The summed E-state index contributed by atoms with van der Waals surface area (Å²) < 4.78 is 42.0. The van der Waals surface area contributed by atoms with Crippen LogP contribution in [0.25, 0.3) is 0 Å². The quantitative estimate of drug-likeness (QED) is 0.663. The number of piperidine rings is 1. The van der Waals surface area contributed by atoms with E-state index in [1.54, 1.807) is 6.07 Å². The van der Waals surface area contributed by atoms with Crippen molar-refractivity contribution in [2.24, 2.45) is 5.92 Å². The van der Waals surface area contributed by atoms with Crippen LogP contribution < -0.4 is 5.32 Å². The minimum Gasteiger partial charge on any atom is -0.319 e. The maximum Gasteiger partial charge on any atom is 0.255 e. The molecule has 0 aliphatic carbocycles. The molecule has 1 amide bonds. The summed E-state index contributed by atoms with van der Waals surface area (Å²) >= 11 is 9.29. The molecule has 0 bridgehead atoms. The van der Waals surface area contributed by atoms with E-state index in [1.165, 1.54) is 34.6 Å². The third kappa shape index (κ3) is 4.56. The number of carbonyl (C=O) groups is 1. The van der Waals surface area contributed by atoms with Crippen molar-refractivity contribution in [1.29, 1.82) is 0 Å². The van der Waals surface area contributed by atoms with Crippen molar-refractivity contribution in [2.45, 2.75) is 24.7 Å². The number of halogens is 3. The number of anilines is 1. The van der Waals surface area contributed by atoms with Crippen LogP contribution in [-0.4, -0.2) is 31.7 Å². The Labute approximate surface area is 177 Å². The normalized spacial score (nSPS) is 18.1. The first-order chi connectivity index (χ1) is 13.2. The highest BCUT2D eigenvalue weighted by molar-refractivity contribution is 9.10. The number of carbonyl (C=O) groups excluding carboxylic acids is 1. The molecule has 0 radical (unpaired) electrons. The van der Waals surface area contributed by atoms with Crippen LogP contribution in [0.1, 0.15) is 30.1 Å². The van der Waals surface area contributed by atoms with E-state index in [0.717, 1.165) is 12.8 Å². The fourth-order valence-electron chi connectivity index (χ4n) is 3.13. The molecule has 2 aromatic carbocycles. The Bertz CT molecular complexity index is 1020. The minimum absolute atomic E-state index is 0.00240. The van der Waals surface area contributed by atoms with Crippen LogP contribution in [0.5, 0.6) is 0 Å². The number of sulfonamides is 1. The highest BCUT2D eigenvalue weighted by atomic mass is 79.9. The summed E-state index contributed by atoms with van der Waals surface area (Å²) in [6.45, 7) is 2.84. The molecule has 3 rings (SSSR count). The summed E-state index contributed by atoms with van der Waals surface area (Å²) in [6, 6.07) is 8.25. The summed E-state index contributed by atoms with van der Waals surface area (Å²) in [6.07, 6.45) is 1.75. The highest BCUT2D eigenvalue weighted by Gasteiger charge is 2.31. The smallest absolute Gasteiger partial charge is 0.255 e. The van der Waals surface area contributed by atoms with E-state index in [-0.39, 0.29) is 27.1 Å². The van der Waals surface area contributed by atoms with Gasteiger partial charge in [0.1, 0.15) is 10.7 Å². The molecule has 9 heteroatoms. The Morgan fingerprint density at radius 1 is 1.29 bits per heavy atom. The number of hydrogen-bond donors (Lipinski definition) is 1. The van der Waals surface area contributed by atoms with Crippen molar-refractivity contribution in [3.05, 3.63) is 57.3 Å². The number of nitrogens with zero attached hydrogens (tertiary/aromatic N) is 1. The molecule has 0 saturated carbocycles. The first-order valence-electron chi connectivity index (χ1n) is 8.74. The Morgan fingerprint density at radius 3 is 2.71 bits per heavy atom. The summed E-state index contributed by atoms with van der Waals surface area (Å²) in [4.78, 5) is 12.4. The van der Waals surface area contributed by atoms with Gasteiger partial charge in [0.05, 0.1) is 10.7 Å². The van der Waals surface area contributed by atoms with E-state index < -0.39 is 21.7 Å². The summed E-state index contributed by atoms with van der Waals surface area (Å²) in [5, 5.41) is 2.50. The van der Waals surface area contributed by atoms with Crippen LogP contribution in [0.15, 0.2) is 45.8 Å². The third-order valence-electron chi connectivity index (χ3n) is 4.61. The van der Waals surface area contributed by atoms with E-state index in [2.05, 4.69) is 21.2 Å². The minimum atomic E-state index is -3.83. The molecule has 1 heterocycles. The van der Waals surface area contributed by atoms with Gasteiger partial charge in [0, 0.05) is 23.1 Å². The third-order valence-corrected chi connectivity index (χ3v) is 7.45. The van der Waals surface area contributed by atoms with Gasteiger partial charge in [-0.2, -0.15) is 4.31 Å². The number of nitrogens with one attached hydrogen (secondary N) is 1. The summed E-state index contributed by atoms with van der Waals surface area (Å²) in [5.74, 6) is -0.970. The van der Waals surface area contributed by atoms with Crippen LogP contribution >= 0.6 is 27.5 Å². The molecule has 1 atom stereocenters. The average Bonchev–Trinajstić information content (AvgIpc) is 2.64. The lowest BCUT2D eigenvalue weighted by atomic mass is 10.0. The highest BCUT2D eigenvalue weighted by Crippen LogP contribution is 2.29. The fourth-order valence-corrected chi connectivity index (χ4v) is 5.56. The molecule has 0 spiro atoms. The van der Waals surface area contributed by atoms with Crippen molar-refractivity contribution in [2.75, 3.05) is 18.4 Å². The molecule has 150 valence electrons. The molecule has 1 fully saturated rings. The zero-order chi connectivity index (χ0) is 20.5. The number of hydrogen-bond acceptors (Lipinski definition) is 3. The molecular formula is C19H19BrClFN2O3S. The predicted octanol–water partition coefficient (Wildman–Crippen LogP) is 4.91. The van der Waals surface area contributed by atoms with E-state index >= 15 is 0 Å². The van der Waals surface area contributed by atoms with Gasteiger partial charge in [0.2, 0.25) is 10.0 Å². The average molecular weight is 490 g/mol.